The molecule has 1 aliphatic carbocycles. The molecule has 2 heterocycles. The monoisotopic (exact) mass is 585 g/mol. The van der Waals surface area contributed by atoms with Gasteiger partial charge in [0.15, 0.2) is 6.61 Å². The molecule has 1 aromatic rings. The van der Waals surface area contributed by atoms with Crippen molar-refractivity contribution in [3.05, 3.63) is 23.8 Å². The molecule has 1 saturated carbocycles. The molecule has 4 rings (SSSR count). The van der Waals surface area contributed by atoms with E-state index in [1.165, 1.54) is 19.3 Å². The van der Waals surface area contributed by atoms with Gasteiger partial charge >= 0.3 is 0 Å². The summed E-state index contributed by atoms with van der Waals surface area (Å²) in [6.07, 6.45) is 8.79. The molecule has 0 radical (unpaired) electrons. The van der Waals surface area contributed by atoms with Crippen LogP contribution in [0.5, 0.6) is 5.75 Å². The van der Waals surface area contributed by atoms with E-state index >= 15 is 0 Å². The van der Waals surface area contributed by atoms with Crippen LogP contribution in [0.4, 0.5) is 5.69 Å². The van der Waals surface area contributed by atoms with E-state index in [1.807, 2.05) is 36.8 Å². The van der Waals surface area contributed by atoms with Gasteiger partial charge in [0, 0.05) is 68.8 Å². The van der Waals surface area contributed by atoms with E-state index in [2.05, 4.69) is 10.6 Å². The van der Waals surface area contributed by atoms with Gasteiger partial charge in [-0.2, -0.15) is 0 Å². The highest BCUT2D eigenvalue weighted by atomic mass is 16.5. The summed E-state index contributed by atoms with van der Waals surface area (Å²) in [6, 6.07) is 5.85. The predicted molar refractivity (Wildman–Crippen MR) is 160 cm³/mol. The van der Waals surface area contributed by atoms with Gasteiger partial charge in [0.05, 0.1) is 0 Å². The normalized spacial score (nSPS) is 18.4. The minimum atomic E-state index is -0.368. The van der Waals surface area contributed by atoms with Crippen molar-refractivity contribution in [3.63, 3.8) is 0 Å². The molecule has 3 aliphatic rings. The Kier molecular flexibility index (Phi) is 13.1. The standard InChI is InChI=1S/C30H45N5O5.CH2O/c1-21-7-8-25(19-26(21)32-14-9-27(31)36)40-20-28(37)34-15-12-23(13-16-34)30(39)35-17-10-22(11-18-35)29(38)33-24-5-3-2-4-6-24;1-2/h7-8,19,22-24,32H,2-6,9-18,20H2,1H3,(H2,31,36)(H,33,38);1H2. The molecule has 0 atom stereocenters. The van der Waals surface area contributed by atoms with E-state index in [4.69, 9.17) is 15.3 Å². The summed E-state index contributed by atoms with van der Waals surface area (Å²) in [4.78, 5) is 61.3. The number of benzene rings is 1. The molecule has 0 spiro atoms. The van der Waals surface area contributed by atoms with E-state index in [9.17, 15) is 19.2 Å². The summed E-state index contributed by atoms with van der Waals surface area (Å²) in [7, 11) is 0. The summed E-state index contributed by atoms with van der Waals surface area (Å²) in [5.74, 6) is 0.345. The Bertz CT molecular complexity index is 1060. The third kappa shape index (κ3) is 9.73. The van der Waals surface area contributed by atoms with Crippen molar-refractivity contribution in [2.24, 2.45) is 17.6 Å². The van der Waals surface area contributed by atoms with Gasteiger partial charge < -0.3 is 35.7 Å². The van der Waals surface area contributed by atoms with Crippen molar-refractivity contribution in [2.45, 2.75) is 77.2 Å². The maximum atomic E-state index is 13.2. The quantitative estimate of drug-likeness (QED) is 0.381. The number of hydrogen-bond acceptors (Lipinski definition) is 7. The van der Waals surface area contributed by atoms with Gasteiger partial charge in [-0.1, -0.05) is 25.3 Å². The van der Waals surface area contributed by atoms with Gasteiger partial charge in [0.25, 0.3) is 5.91 Å². The van der Waals surface area contributed by atoms with Crippen LogP contribution in [0.1, 0.15) is 69.8 Å². The number of carbonyl (C=O) groups excluding carboxylic acids is 5. The first-order chi connectivity index (χ1) is 20.3. The lowest BCUT2D eigenvalue weighted by Gasteiger charge is -2.37. The van der Waals surface area contributed by atoms with Crippen LogP contribution >= 0.6 is 0 Å². The number of nitrogens with two attached hydrogens (primary N) is 1. The number of likely N-dealkylation sites (tertiary alicyclic amines) is 2. The van der Waals surface area contributed by atoms with Crippen LogP contribution in [0, 0.1) is 18.8 Å². The Hall–Kier alpha value is -3.63. The molecule has 4 N–H and O–H groups in total. The van der Waals surface area contributed by atoms with E-state index in [0.717, 1.165) is 36.9 Å². The number of rotatable bonds is 10. The average Bonchev–Trinajstić information content (AvgIpc) is 3.02. The van der Waals surface area contributed by atoms with Crippen LogP contribution in [0.2, 0.25) is 0 Å². The summed E-state index contributed by atoms with van der Waals surface area (Å²) >= 11 is 0. The van der Waals surface area contributed by atoms with Crippen LogP contribution in [0.15, 0.2) is 18.2 Å². The average molecular weight is 586 g/mol. The fourth-order valence-electron chi connectivity index (χ4n) is 6.00. The molecule has 1 aromatic carbocycles. The zero-order valence-corrected chi connectivity index (χ0v) is 24.9. The molecule has 4 amide bonds. The summed E-state index contributed by atoms with van der Waals surface area (Å²) < 4.78 is 5.76. The predicted octanol–water partition coefficient (Wildman–Crippen LogP) is 2.40. The highest BCUT2D eigenvalue weighted by molar-refractivity contribution is 5.82. The molecule has 11 heteroatoms. The lowest BCUT2D eigenvalue weighted by Crippen LogP contribution is -2.49. The largest absolute Gasteiger partial charge is 0.484 e. The fourth-order valence-corrected chi connectivity index (χ4v) is 6.00. The Morgan fingerprint density at radius 1 is 0.905 bits per heavy atom. The molecule has 0 unspecified atom stereocenters. The summed E-state index contributed by atoms with van der Waals surface area (Å²) in [5.41, 5.74) is 7.04. The summed E-state index contributed by atoms with van der Waals surface area (Å²) in [5, 5.41) is 6.41. The first kappa shape index (κ1) is 32.9. The maximum absolute atomic E-state index is 13.2. The van der Waals surface area contributed by atoms with Crippen molar-refractivity contribution in [1.82, 2.24) is 15.1 Å². The van der Waals surface area contributed by atoms with Crippen LogP contribution in [-0.2, 0) is 24.0 Å². The SMILES string of the molecule is C=O.Cc1ccc(OCC(=O)N2CCC(C(=O)N3CCC(C(=O)NC4CCCCC4)CC3)CC2)cc1NCCC(N)=O. The number of nitrogens with zero attached hydrogens (tertiary/aromatic N) is 2. The molecule has 0 bridgehead atoms. The van der Waals surface area contributed by atoms with Gasteiger partial charge in [-0.05, 0) is 57.1 Å². The minimum Gasteiger partial charge on any atom is -0.484 e. The zero-order valence-electron chi connectivity index (χ0n) is 24.9. The second-order valence-electron chi connectivity index (χ2n) is 11.5. The molecule has 11 nitrogen and oxygen atoms in total. The third-order valence-corrected chi connectivity index (χ3v) is 8.58. The molecule has 3 fully saturated rings. The molecule has 2 aliphatic heterocycles. The summed E-state index contributed by atoms with van der Waals surface area (Å²) in [6.45, 7) is 6.64. The van der Waals surface area contributed by atoms with Crippen LogP contribution < -0.4 is 21.1 Å². The Balaban J connectivity index is 0.00000237. The second-order valence-corrected chi connectivity index (χ2v) is 11.5. The van der Waals surface area contributed by atoms with E-state index in [-0.39, 0.29) is 48.5 Å². The number of primary amides is 1. The van der Waals surface area contributed by atoms with Gasteiger partial charge in [0.1, 0.15) is 12.5 Å². The molecule has 42 heavy (non-hydrogen) atoms. The smallest absolute Gasteiger partial charge is 0.260 e. The lowest BCUT2D eigenvalue weighted by atomic mass is 9.90. The molecule has 232 valence electrons. The third-order valence-electron chi connectivity index (χ3n) is 8.58. The van der Waals surface area contributed by atoms with Crippen molar-refractivity contribution < 1.29 is 28.7 Å². The van der Waals surface area contributed by atoms with Crippen molar-refractivity contribution in [2.75, 3.05) is 44.6 Å². The van der Waals surface area contributed by atoms with E-state index in [0.29, 0.717) is 57.4 Å². The molecule has 2 saturated heterocycles. The topological polar surface area (TPSA) is 151 Å². The maximum Gasteiger partial charge on any atom is 0.260 e. The Morgan fingerprint density at radius 2 is 1.52 bits per heavy atom. The van der Waals surface area contributed by atoms with Gasteiger partial charge in [0.2, 0.25) is 17.7 Å². The van der Waals surface area contributed by atoms with Gasteiger partial charge in [-0.15, -0.1) is 0 Å². The van der Waals surface area contributed by atoms with Crippen molar-refractivity contribution in [1.29, 1.82) is 0 Å². The zero-order chi connectivity index (χ0) is 30.5. The number of ether oxygens (including phenoxy) is 1. The first-order valence-electron chi connectivity index (χ1n) is 15.2. The number of carbonyl (C=O) groups is 5. The van der Waals surface area contributed by atoms with Crippen molar-refractivity contribution in [3.8, 4) is 5.75 Å². The van der Waals surface area contributed by atoms with Crippen LogP contribution in [0.25, 0.3) is 0 Å². The Morgan fingerprint density at radius 3 is 2.17 bits per heavy atom. The fraction of sp³-hybridized carbons (Fsp3) is 0.645. The van der Waals surface area contributed by atoms with E-state index < -0.39 is 0 Å². The van der Waals surface area contributed by atoms with E-state index in [1.54, 1.807) is 4.90 Å². The minimum absolute atomic E-state index is 0.000905. The van der Waals surface area contributed by atoms with Crippen LogP contribution in [0.3, 0.4) is 0 Å². The number of nitrogens with one attached hydrogen (secondary N) is 2. The lowest BCUT2D eigenvalue weighted by molar-refractivity contribution is -0.143. The number of anilines is 1. The first-order valence-corrected chi connectivity index (χ1v) is 15.2. The highest BCUT2D eigenvalue weighted by Crippen LogP contribution is 2.26. The van der Waals surface area contributed by atoms with Crippen LogP contribution in [-0.4, -0.2) is 85.6 Å². The Labute approximate surface area is 248 Å². The second kappa shape index (κ2) is 16.7. The number of hydrogen-bond donors (Lipinski definition) is 3. The number of piperidine rings is 2. The highest BCUT2D eigenvalue weighted by Gasteiger charge is 2.34. The number of amides is 4. The van der Waals surface area contributed by atoms with Crippen molar-refractivity contribution >= 4 is 36.1 Å². The molecular formula is C31H47N5O6. The molecular weight excluding hydrogens is 538 g/mol. The van der Waals surface area contributed by atoms with Gasteiger partial charge in [-0.3, -0.25) is 19.2 Å². The number of aryl methyl sites for hydroxylation is 1. The molecule has 0 aromatic heterocycles. The van der Waals surface area contributed by atoms with Gasteiger partial charge in [-0.25, -0.2) is 0 Å².